The van der Waals surface area contributed by atoms with E-state index in [0.29, 0.717) is 5.69 Å². The minimum absolute atomic E-state index is 0.581. The Morgan fingerprint density at radius 1 is 1.43 bits per heavy atom. The lowest BCUT2D eigenvalue weighted by atomic mass is 10.2. The molecule has 14 heavy (non-hydrogen) atoms. The lowest BCUT2D eigenvalue weighted by Crippen LogP contribution is -1.75. The predicted octanol–water partition coefficient (Wildman–Crippen LogP) is 3.76. The van der Waals surface area contributed by atoms with Gasteiger partial charge in [-0.1, -0.05) is 51.1 Å². The topological polar surface area (TPSA) is 48.8 Å². The van der Waals surface area contributed by atoms with Crippen molar-refractivity contribution in [1.82, 2.24) is 0 Å². The van der Waals surface area contributed by atoms with Gasteiger partial charge < -0.3 is 0 Å². The summed E-state index contributed by atoms with van der Waals surface area (Å²) in [6.45, 7) is 0. The number of azide groups is 1. The highest BCUT2D eigenvalue weighted by Gasteiger charge is 1.93. The molecule has 1 aromatic carbocycles. The van der Waals surface area contributed by atoms with Gasteiger partial charge in [0.05, 0.1) is 5.69 Å². The van der Waals surface area contributed by atoms with Crippen molar-refractivity contribution in [2.24, 2.45) is 5.11 Å². The third-order valence-electron chi connectivity index (χ3n) is 1.50. The number of hydrogen-bond donors (Lipinski definition) is 0. The van der Waals surface area contributed by atoms with E-state index in [1.165, 1.54) is 0 Å². The first-order chi connectivity index (χ1) is 6.88. The molecule has 0 fully saturated rings. The average molecular weight is 250 g/mol. The number of nitrogens with zero attached hydrogens (tertiary/aromatic N) is 3. The summed E-state index contributed by atoms with van der Waals surface area (Å²) in [5.74, 6) is 5.92. The van der Waals surface area contributed by atoms with Crippen LogP contribution in [0.15, 0.2) is 29.4 Å². The van der Waals surface area contributed by atoms with Crippen LogP contribution in [-0.4, -0.2) is 5.33 Å². The zero-order valence-electron chi connectivity index (χ0n) is 7.44. The Bertz CT molecular complexity index is 411. The Morgan fingerprint density at radius 3 is 2.93 bits per heavy atom. The van der Waals surface area contributed by atoms with E-state index in [9.17, 15) is 0 Å². The molecule has 0 heterocycles. The molecule has 1 rings (SSSR count). The monoisotopic (exact) mass is 249 g/mol. The molecule has 0 saturated heterocycles. The van der Waals surface area contributed by atoms with E-state index in [1.807, 2.05) is 18.2 Å². The van der Waals surface area contributed by atoms with Crippen LogP contribution in [-0.2, 0) is 0 Å². The molecular weight excluding hydrogens is 242 g/mol. The van der Waals surface area contributed by atoms with E-state index >= 15 is 0 Å². The minimum Gasteiger partial charge on any atom is -0.0970 e. The molecule has 0 saturated carbocycles. The molecule has 0 aliphatic heterocycles. The molecule has 0 aliphatic carbocycles. The van der Waals surface area contributed by atoms with E-state index in [2.05, 4.69) is 37.8 Å². The Labute approximate surface area is 90.9 Å². The van der Waals surface area contributed by atoms with Crippen molar-refractivity contribution < 1.29 is 0 Å². The summed E-state index contributed by atoms with van der Waals surface area (Å²) >= 11 is 3.29. The summed E-state index contributed by atoms with van der Waals surface area (Å²) in [5.41, 5.74) is 9.67. The number of alkyl halides is 1. The van der Waals surface area contributed by atoms with Crippen LogP contribution in [0.5, 0.6) is 0 Å². The first-order valence-corrected chi connectivity index (χ1v) is 5.19. The van der Waals surface area contributed by atoms with Crippen molar-refractivity contribution in [3.8, 4) is 11.8 Å². The lowest BCUT2D eigenvalue weighted by Gasteiger charge is -1.94. The fraction of sp³-hybridized carbons (Fsp3) is 0.200. The average Bonchev–Trinajstić information content (AvgIpc) is 2.21. The number of rotatable bonds is 2. The van der Waals surface area contributed by atoms with Gasteiger partial charge in [0.25, 0.3) is 0 Å². The van der Waals surface area contributed by atoms with Gasteiger partial charge in [0.15, 0.2) is 0 Å². The molecule has 4 heteroatoms. The van der Waals surface area contributed by atoms with Gasteiger partial charge in [-0.25, -0.2) is 0 Å². The first kappa shape index (κ1) is 10.6. The van der Waals surface area contributed by atoms with E-state index in [4.69, 9.17) is 5.53 Å². The number of benzene rings is 1. The largest absolute Gasteiger partial charge is 0.0970 e. The highest BCUT2D eigenvalue weighted by atomic mass is 79.9. The smallest absolute Gasteiger partial charge is 0.0531 e. The first-order valence-electron chi connectivity index (χ1n) is 4.07. The number of hydrogen-bond acceptors (Lipinski definition) is 1. The maximum Gasteiger partial charge on any atom is 0.0531 e. The maximum absolute atomic E-state index is 8.32. The highest BCUT2D eigenvalue weighted by Crippen LogP contribution is 2.17. The summed E-state index contributed by atoms with van der Waals surface area (Å²) in [4.78, 5) is 2.74. The summed E-state index contributed by atoms with van der Waals surface area (Å²) in [7, 11) is 0. The van der Waals surface area contributed by atoms with Crippen LogP contribution in [0.3, 0.4) is 0 Å². The van der Waals surface area contributed by atoms with Crippen LogP contribution in [0.25, 0.3) is 10.4 Å². The minimum atomic E-state index is 0.581. The zero-order valence-corrected chi connectivity index (χ0v) is 9.03. The Morgan fingerprint density at radius 2 is 2.21 bits per heavy atom. The highest BCUT2D eigenvalue weighted by molar-refractivity contribution is 9.09. The normalized spacial score (nSPS) is 8.36. The van der Waals surface area contributed by atoms with Crippen LogP contribution in [0.1, 0.15) is 12.0 Å². The lowest BCUT2D eigenvalue weighted by molar-refractivity contribution is 1.32. The van der Waals surface area contributed by atoms with Gasteiger partial charge in [-0.3, -0.25) is 0 Å². The van der Waals surface area contributed by atoms with Crippen LogP contribution in [0, 0.1) is 11.8 Å². The Kier molecular flexibility index (Phi) is 4.63. The van der Waals surface area contributed by atoms with E-state index in [0.717, 1.165) is 17.3 Å². The summed E-state index contributed by atoms with van der Waals surface area (Å²) < 4.78 is 0. The molecule has 0 aromatic heterocycles. The summed E-state index contributed by atoms with van der Waals surface area (Å²) in [6, 6.07) is 7.28. The van der Waals surface area contributed by atoms with Crippen molar-refractivity contribution in [1.29, 1.82) is 0 Å². The molecule has 0 spiro atoms. The summed E-state index contributed by atoms with van der Waals surface area (Å²) in [5, 5.41) is 4.40. The van der Waals surface area contributed by atoms with Gasteiger partial charge in [-0.15, -0.1) is 0 Å². The van der Waals surface area contributed by atoms with Crippen molar-refractivity contribution >= 4 is 21.6 Å². The SMILES string of the molecule is [N-]=[N+]=Nc1ccccc1C#CCCBr. The second kappa shape index (κ2) is 6.09. The fourth-order valence-electron chi connectivity index (χ4n) is 0.920. The van der Waals surface area contributed by atoms with Crippen LogP contribution < -0.4 is 0 Å². The Balaban J connectivity index is 2.97. The van der Waals surface area contributed by atoms with Crippen molar-refractivity contribution in [3.05, 3.63) is 40.3 Å². The fourth-order valence-corrected chi connectivity index (χ4v) is 1.12. The van der Waals surface area contributed by atoms with Crippen LogP contribution >= 0.6 is 15.9 Å². The molecule has 0 N–H and O–H groups in total. The van der Waals surface area contributed by atoms with Crippen LogP contribution in [0.2, 0.25) is 0 Å². The van der Waals surface area contributed by atoms with Crippen molar-refractivity contribution in [3.63, 3.8) is 0 Å². The molecule has 0 radical (unpaired) electrons. The second-order valence-corrected chi connectivity index (χ2v) is 3.24. The third kappa shape index (κ3) is 3.14. The quantitative estimate of drug-likeness (QED) is 0.252. The van der Waals surface area contributed by atoms with Crippen molar-refractivity contribution in [2.45, 2.75) is 6.42 Å². The number of halogens is 1. The third-order valence-corrected chi connectivity index (χ3v) is 1.90. The van der Waals surface area contributed by atoms with Gasteiger partial charge >= 0.3 is 0 Å². The Hall–Kier alpha value is -1.43. The van der Waals surface area contributed by atoms with Gasteiger partial charge in [-0.2, -0.15) is 0 Å². The van der Waals surface area contributed by atoms with Crippen molar-refractivity contribution in [2.75, 3.05) is 5.33 Å². The molecule has 1 aromatic rings. The molecule has 0 atom stereocenters. The standard InChI is InChI=1S/C10H8BrN3/c11-8-4-3-6-9-5-1-2-7-10(9)13-14-12/h1-2,5,7H,4,8H2. The second-order valence-electron chi connectivity index (χ2n) is 2.45. The predicted molar refractivity (Wildman–Crippen MR) is 60.5 cm³/mol. The molecule has 0 unspecified atom stereocenters. The summed E-state index contributed by atoms with van der Waals surface area (Å²) in [6.07, 6.45) is 0.782. The van der Waals surface area contributed by atoms with Gasteiger partial charge in [-0.05, 0) is 11.6 Å². The molecule has 3 nitrogen and oxygen atoms in total. The molecule has 70 valence electrons. The molecule has 0 bridgehead atoms. The van der Waals surface area contributed by atoms with Crippen LogP contribution in [0.4, 0.5) is 5.69 Å². The van der Waals surface area contributed by atoms with Gasteiger partial charge in [0.1, 0.15) is 0 Å². The molecule has 0 amide bonds. The van der Waals surface area contributed by atoms with E-state index in [1.54, 1.807) is 6.07 Å². The molecular formula is C10H8BrN3. The van der Waals surface area contributed by atoms with Gasteiger partial charge in [0.2, 0.25) is 0 Å². The van der Waals surface area contributed by atoms with E-state index in [-0.39, 0.29) is 0 Å². The molecule has 0 aliphatic rings. The van der Waals surface area contributed by atoms with E-state index < -0.39 is 0 Å². The van der Waals surface area contributed by atoms with Gasteiger partial charge in [0, 0.05) is 22.2 Å². The zero-order chi connectivity index (χ0) is 10.2. The maximum atomic E-state index is 8.32.